The van der Waals surface area contributed by atoms with Crippen molar-refractivity contribution >= 4 is 52.9 Å². The van der Waals surface area contributed by atoms with E-state index in [4.69, 9.17) is 9.15 Å². The fourth-order valence-corrected chi connectivity index (χ4v) is 4.72. The third-order valence-electron chi connectivity index (χ3n) is 6.27. The number of amides is 3. The van der Waals surface area contributed by atoms with Crippen LogP contribution in [0.15, 0.2) is 112 Å². The third kappa shape index (κ3) is 9.47. The van der Waals surface area contributed by atoms with Gasteiger partial charge in [-0.3, -0.25) is 14.4 Å². The van der Waals surface area contributed by atoms with Gasteiger partial charge in [0, 0.05) is 27.9 Å². The summed E-state index contributed by atoms with van der Waals surface area (Å²) in [6.45, 7) is 4.19. The molecule has 0 aliphatic carbocycles. The molecule has 3 aromatic carbocycles. The van der Waals surface area contributed by atoms with Crippen LogP contribution in [-0.4, -0.2) is 35.5 Å². The lowest BCUT2D eigenvalue weighted by Crippen LogP contribution is -2.30. The van der Waals surface area contributed by atoms with Crippen molar-refractivity contribution in [2.24, 2.45) is 0 Å². The van der Waals surface area contributed by atoms with Crippen LogP contribution in [0.3, 0.4) is 0 Å². The Morgan fingerprint density at radius 2 is 1.52 bits per heavy atom. The molecule has 0 radical (unpaired) electrons. The van der Waals surface area contributed by atoms with E-state index in [0.29, 0.717) is 34.9 Å². The normalized spacial score (nSPS) is 11.7. The fraction of sp³-hybridized carbons (Fsp3) is 0.176. The monoisotopic (exact) mass is 611 g/mol. The molecule has 3 N–H and O–H groups in total. The second kappa shape index (κ2) is 15.9. The zero-order chi connectivity index (χ0) is 31.3. The second-order valence-corrected chi connectivity index (χ2v) is 11.1. The molecular formula is C34H33N3O6S. The van der Waals surface area contributed by atoms with Crippen molar-refractivity contribution in [2.45, 2.75) is 36.8 Å². The first-order valence-electron chi connectivity index (χ1n) is 14.1. The maximum Gasteiger partial charge on any atom is 0.338 e. The van der Waals surface area contributed by atoms with Gasteiger partial charge in [0.05, 0.1) is 23.7 Å². The lowest BCUT2D eigenvalue weighted by atomic mass is 10.2. The molecule has 0 saturated carbocycles. The van der Waals surface area contributed by atoms with E-state index >= 15 is 0 Å². The molecule has 0 aliphatic rings. The van der Waals surface area contributed by atoms with Crippen LogP contribution in [-0.2, 0) is 14.3 Å². The third-order valence-corrected chi connectivity index (χ3v) is 7.38. The molecule has 0 aliphatic heterocycles. The quantitative estimate of drug-likeness (QED) is 0.0659. The first-order chi connectivity index (χ1) is 21.3. The first-order valence-corrected chi connectivity index (χ1v) is 15.0. The Morgan fingerprint density at radius 1 is 0.841 bits per heavy atom. The molecule has 226 valence electrons. The number of benzene rings is 3. The van der Waals surface area contributed by atoms with Gasteiger partial charge in [0.1, 0.15) is 11.5 Å². The Balaban J connectivity index is 1.32. The summed E-state index contributed by atoms with van der Waals surface area (Å²) >= 11 is 1.35. The van der Waals surface area contributed by atoms with E-state index in [9.17, 15) is 19.2 Å². The molecule has 0 spiro atoms. The van der Waals surface area contributed by atoms with Gasteiger partial charge >= 0.3 is 5.97 Å². The molecule has 1 unspecified atom stereocenters. The summed E-state index contributed by atoms with van der Waals surface area (Å²) in [4.78, 5) is 51.5. The molecule has 9 nitrogen and oxygen atoms in total. The number of ether oxygens (including phenoxy) is 1. The molecular weight excluding hydrogens is 578 g/mol. The molecule has 10 heteroatoms. The van der Waals surface area contributed by atoms with Gasteiger partial charge in [0.2, 0.25) is 5.91 Å². The van der Waals surface area contributed by atoms with Crippen LogP contribution >= 0.6 is 11.8 Å². The van der Waals surface area contributed by atoms with E-state index in [2.05, 4.69) is 16.0 Å². The Morgan fingerprint density at radius 3 is 2.18 bits per heavy atom. The Hall–Kier alpha value is -5.09. The molecule has 1 atom stereocenters. The van der Waals surface area contributed by atoms with Crippen LogP contribution in [0.25, 0.3) is 6.08 Å². The number of hydrogen-bond donors (Lipinski definition) is 3. The molecule has 0 fully saturated rings. The average molecular weight is 612 g/mol. The van der Waals surface area contributed by atoms with Crippen LogP contribution in [0.5, 0.6) is 0 Å². The predicted molar refractivity (Wildman–Crippen MR) is 171 cm³/mol. The molecule has 3 amide bonds. The highest BCUT2D eigenvalue weighted by molar-refractivity contribution is 8.00. The van der Waals surface area contributed by atoms with E-state index in [1.807, 2.05) is 6.92 Å². The van der Waals surface area contributed by atoms with E-state index in [0.717, 1.165) is 17.7 Å². The Kier molecular flexibility index (Phi) is 11.5. The number of rotatable bonds is 13. The summed E-state index contributed by atoms with van der Waals surface area (Å²) in [5.41, 5.74) is 1.92. The SMILES string of the molecule is CCCCOC(=O)c1ccc(NC(=O)C(C)Sc2ccc(NC(=O)/C(=C/c3ccco3)NC(=O)c3ccccc3)cc2)cc1. The van der Waals surface area contributed by atoms with Crippen LogP contribution in [0.1, 0.15) is 53.2 Å². The number of hydrogen-bond acceptors (Lipinski definition) is 7. The summed E-state index contributed by atoms with van der Waals surface area (Å²) in [5.74, 6) is -1.14. The highest BCUT2D eigenvalue weighted by Crippen LogP contribution is 2.26. The topological polar surface area (TPSA) is 127 Å². The van der Waals surface area contributed by atoms with E-state index in [1.165, 1.54) is 24.1 Å². The van der Waals surface area contributed by atoms with Crippen LogP contribution < -0.4 is 16.0 Å². The second-order valence-electron chi connectivity index (χ2n) is 9.69. The van der Waals surface area contributed by atoms with Gasteiger partial charge in [-0.15, -0.1) is 11.8 Å². The number of thioether (sulfide) groups is 1. The minimum absolute atomic E-state index is 0.0129. The summed E-state index contributed by atoms with van der Waals surface area (Å²) in [6.07, 6.45) is 4.68. The molecule has 4 aromatic rings. The van der Waals surface area contributed by atoms with Gasteiger partial charge in [-0.05, 0) is 86.1 Å². The van der Waals surface area contributed by atoms with Crippen molar-refractivity contribution in [3.63, 3.8) is 0 Å². The summed E-state index contributed by atoms with van der Waals surface area (Å²) in [6, 6.07) is 25.5. The molecule has 0 saturated heterocycles. The maximum atomic E-state index is 13.1. The number of anilines is 2. The summed E-state index contributed by atoms with van der Waals surface area (Å²) in [7, 11) is 0. The van der Waals surface area contributed by atoms with Crippen molar-refractivity contribution in [1.29, 1.82) is 0 Å². The summed E-state index contributed by atoms with van der Waals surface area (Å²) < 4.78 is 10.5. The largest absolute Gasteiger partial charge is 0.465 e. The van der Waals surface area contributed by atoms with E-state index < -0.39 is 17.1 Å². The first kappa shape index (κ1) is 31.8. The van der Waals surface area contributed by atoms with Gasteiger partial charge < -0.3 is 25.1 Å². The van der Waals surface area contributed by atoms with Gasteiger partial charge in [-0.1, -0.05) is 31.5 Å². The standard InChI is InChI=1S/C34H33N3O6S/c1-3-4-20-43-34(41)25-12-14-26(15-13-25)35-31(38)23(2)44-29-18-16-27(17-19-29)36-33(40)30(22-28-11-8-21-42-28)37-32(39)24-9-6-5-7-10-24/h5-19,21-23H,3-4,20H2,1-2H3,(H,35,38)(H,36,40)(H,37,39)/b30-22-. The van der Waals surface area contributed by atoms with Crippen LogP contribution in [0.4, 0.5) is 11.4 Å². The fourth-order valence-electron chi connectivity index (χ4n) is 3.86. The molecule has 1 aromatic heterocycles. The van der Waals surface area contributed by atoms with E-state index in [-0.39, 0.29) is 17.6 Å². The van der Waals surface area contributed by atoms with Gasteiger partial charge in [0.25, 0.3) is 11.8 Å². The summed E-state index contributed by atoms with van der Waals surface area (Å²) in [5, 5.41) is 7.88. The number of unbranched alkanes of at least 4 members (excludes halogenated alkanes) is 1. The number of furan rings is 1. The van der Waals surface area contributed by atoms with E-state index in [1.54, 1.807) is 97.9 Å². The average Bonchev–Trinajstić information content (AvgIpc) is 3.55. The number of carbonyl (C=O) groups is 4. The number of nitrogens with one attached hydrogen (secondary N) is 3. The van der Waals surface area contributed by atoms with Crippen molar-refractivity contribution in [1.82, 2.24) is 5.32 Å². The van der Waals surface area contributed by atoms with Crippen LogP contribution in [0, 0.1) is 0 Å². The van der Waals surface area contributed by atoms with Gasteiger partial charge in [-0.25, -0.2) is 4.79 Å². The lowest BCUT2D eigenvalue weighted by Gasteiger charge is -2.13. The lowest BCUT2D eigenvalue weighted by molar-refractivity contribution is -0.115. The highest BCUT2D eigenvalue weighted by Gasteiger charge is 2.17. The van der Waals surface area contributed by atoms with Crippen molar-refractivity contribution in [3.05, 3.63) is 120 Å². The number of esters is 1. The van der Waals surface area contributed by atoms with Crippen molar-refractivity contribution in [3.8, 4) is 0 Å². The minimum Gasteiger partial charge on any atom is -0.465 e. The molecule has 44 heavy (non-hydrogen) atoms. The highest BCUT2D eigenvalue weighted by atomic mass is 32.2. The van der Waals surface area contributed by atoms with Gasteiger partial charge in [-0.2, -0.15) is 0 Å². The smallest absolute Gasteiger partial charge is 0.338 e. The van der Waals surface area contributed by atoms with Crippen LogP contribution in [0.2, 0.25) is 0 Å². The van der Waals surface area contributed by atoms with Crippen molar-refractivity contribution < 1.29 is 28.3 Å². The molecule has 1 heterocycles. The predicted octanol–water partition coefficient (Wildman–Crippen LogP) is 6.77. The molecule has 4 rings (SSSR count). The minimum atomic E-state index is -0.529. The van der Waals surface area contributed by atoms with Crippen molar-refractivity contribution in [2.75, 3.05) is 17.2 Å². The maximum absolute atomic E-state index is 13.1. The Labute approximate surface area is 260 Å². The zero-order valence-electron chi connectivity index (χ0n) is 24.4. The Bertz CT molecular complexity index is 1580. The van der Waals surface area contributed by atoms with Gasteiger partial charge in [0.15, 0.2) is 0 Å². The molecule has 0 bridgehead atoms. The zero-order valence-corrected chi connectivity index (χ0v) is 25.2. The number of carbonyl (C=O) groups excluding carboxylic acids is 4.